The highest BCUT2D eigenvalue weighted by Gasteiger charge is 2.34. The highest BCUT2D eigenvalue weighted by molar-refractivity contribution is 6.31. The van der Waals surface area contributed by atoms with E-state index in [1.807, 2.05) is 0 Å². The fourth-order valence-electron chi connectivity index (χ4n) is 2.45. The number of nitrogens with zero attached hydrogens (tertiary/aromatic N) is 1. The van der Waals surface area contributed by atoms with Gasteiger partial charge in [0.15, 0.2) is 0 Å². The first-order chi connectivity index (χ1) is 13.0. The minimum Gasteiger partial charge on any atom is -0.352 e. The zero-order chi connectivity index (χ0) is 20.9. The monoisotopic (exact) mass is 424 g/mol. The molecule has 1 N–H and O–H groups in total. The van der Waals surface area contributed by atoms with Gasteiger partial charge in [0.2, 0.25) is 0 Å². The first-order valence-electron chi connectivity index (χ1n) is 8.16. The summed E-state index contributed by atoms with van der Waals surface area (Å²) in [6, 6.07) is 5.24. The number of aromatic nitrogens is 1. The lowest BCUT2D eigenvalue weighted by atomic mass is 10.1. The molecule has 0 saturated heterocycles. The van der Waals surface area contributed by atoms with Gasteiger partial charge in [-0.15, -0.1) is 0 Å². The van der Waals surface area contributed by atoms with Crippen molar-refractivity contribution in [1.29, 1.82) is 0 Å². The topological polar surface area (TPSA) is 42.0 Å². The number of hydrogen-bond donors (Lipinski definition) is 1. The van der Waals surface area contributed by atoms with Crippen molar-refractivity contribution >= 4 is 17.5 Å². The van der Waals surface area contributed by atoms with E-state index in [1.165, 1.54) is 12.1 Å². The van der Waals surface area contributed by atoms with E-state index in [2.05, 4.69) is 10.3 Å². The zero-order valence-electron chi connectivity index (χ0n) is 14.3. The van der Waals surface area contributed by atoms with Crippen LogP contribution < -0.4 is 5.32 Å². The number of nitrogens with one attached hydrogen (secondary N) is 1. The van der Waals surface area contributed by atoms with E-state index in [0.717, 1.165) is 18.2 Å². The van der Waals surface area contributed by atoms with Crippen LogP contribution in [0.4, 0.5) is 26.3 Å². The van der Waals surface area contributed by atoms with Crippen LogP contribution >= 0.6 is 11.6 Å². The molecule has 1 aromatic carbocycles. The Hall–Kier alpha value is -2.29. The SMILES string of the molecule is O=C(NCCCCc1ncc(C(F)(F)F)cc1Cl)c1ccccc1C(F)(F)F. The van der Waals surface area contributed by atoms with Crippen molar-refractivity contribution in [1.82, 2.24) is 10.3 Å². The molecule has 0 spiro atoms. The summed E-state index contributed by atoms with van der Waals surface area (Å²) in [4.78, 5) is 15.7. The Balaban J connectivity index is 1.85. The van der Waals surface area contributed by atoms with E-state index < -0.39 is 35.0 Å². The lowest BCUT2D eigenvalue weighted by molar-refractivity contribution is -0.138. The summed E-state index contributed by atoms with van der Waals surface area (Å²) >= 11 is 5.80. The molecule has 1 aromatic heterocycles. The van der Waals surface area contributed by atoms with Crippen LogP contribution in [-0.4, -0.2) is 17.4 Å². The predicted octanol–water partition coefficient (Wildman–Crippen LogP) is 5.53. The van der Waals surface area contributed by atoms with Crippen molar-refractivity contribution in [3.05, 3.63) is 63.9 Å². The highest BCUT2D eigenvalue weighted by Crippen LogP contribution is 2.32. The van der Waals surface area contributed by atoms with Crippen molar-refractivity contribution in [2.24, 2.45) is 0 Å². The van der Waals surface area contributed by atoms with Crippen molar-refractivity contribution in [3.63, 3.8) is 0 Å². The maximum atomic E-state index is 12.9. The van der Waals surface area contributed by atoms with Gasteiger partial charge in [-0.25, -0.2) is 0 Å². The number of aryl methyl sites for hydroxylation is 1. The molecule has 0 saturated carbocycles. The molecular weight excluding hydrogens is 410 g/mol. The lowest BCUT2D eigenvalue weighted by Crippen LogP contribution is -2.27. The van der Waals surface area contributed by atoms with Gasteiger partial charge in [-0.05, 0) is 37.5 Å². The standard InChI is InChI=1S/C18H15ClF6N2O/c19-14-9-11(17(20,21)22)10-27-15(14)7-3-4-8-26-16(28)12-5-1-2-6-13(12)18(23,24)25/h1-2,5-6,9-10H,3-4,7-8H2,(H,26,28). The summed E-state index contributed by atoms with van der Waals surface area (Å²) in [5, 5.41) is 2.29. The van der Waals surface area contributed by atoms with Gasteiger partial charge in [0.25, 0.3) is 5.91 Å². The fourth-order valence-corrected chi connectivity index (χ4v) is 2.71. The van der Waals surface area contributed by atoms with Crippen LogP contribution in [-0.2, 0) is 18.8 Å². The molecule has 152 valence electrons. The zero-order valence-corrected chi connectivity index (χ0v) is 15.0. The van der Waals surface area contributed by atoms with E-state index in [4.69, 9.17) is 11.6 Å². The van der Waals surface area contributed by atoms with Gasteiger partial charge in [-0.1, -0.05) is 23.7 Å². The van der Waals surface area contributed by atoms with E-state index >= 15 is 0 Å². The maximum absolute atomic E-state index is 12.9. The van der Waals surface area contributed by atoms with Gasteiger partial charge >= 0.3 is 12.4 Å². The Kier molecular flexibility index (Phi) is 6.92. The molecule has 0 aliphatic heterocycles. The number of amides is 1. The second-order valence-electron chi connectivity index (χ2n) is 5.91. The van der Waals surface area contributed by atoms with Crippen molar-refractivity contribution < 1.29 is 31.1 Å². The Morgan fingerprint density at radius 1 is 1.04 bits per heavy atom. The summed E-state index contributed by atoms with van der Waals surface area (Å²) < 4.78 is 76.4. The molecule has 0 fully saturated rings. The molecule has 0 aliphatic carbocycles. The second-order valence-corrected chi connectivity index (χ2v) is 6.31. The Labute approximate surface area is 161 Å². The van der Waals surface area contributed by atoms with E-state index in [1.54, 1.807) is 0 Å². The highest BCUT2D eigenvalue weighted by atomic mass is 35.5. The first kappa shape index (κ1) is 22.0. The van der Waals surface area contributed by atoms with E-state index in [9.17, 15) is 31.1 Å². The average Bonchev–Trinajstić information content (AvgIpc) is 2.60. The Morgan fingerprint density at radius 3 is 2.32 bits per heavy atom. The summed E-state index contributed by atoms with van der Waals surface area (Å²) in [6.45, 7) is 0.100. The molecule has 0 atom stereocenters. The van der Waals surface area contributed by atoms with Gasteiger partial charge < -0.3 is 5.32 Å². The van der Waals surface area contributed by atoms with Crippen molar-refractivity contribution in [2.45, 2.75) is 31.6 Å². The maximum Gasteiger partial charge on any atom is 0.417 e. The minimum atomic E-state index is -4.64. The third-order valence-electron chi connectivity index (χ3n) is 3.85. The summed E-state index contributed by atoms with van der Waals surface area (Å²) in [7, 11) is 0. The van der Waals surface area contributed by atoms with Crippen LogP contribution in [0, 0.1) is 0 Å². The molecule has 28 heavy (non-hydrogen) atoms. The average molecular weight is 425 g/mol. The van der Waals surface area contributed by atoms with Crippen LogP contribution in [0.25, 0.3) is 0 Å². The van der Waals surface area contributed by atoms with Gasteiger partial charge in [0, 0.05) is 12.7 Å². The number of alkyl halides is 6. The molecule has 10 heteroatoms. The van der Waals surface area contributed by atoms with Crippen LogP contribution in [0.3, 0.4) is 0 Å². The van der Waals surface area contributed by atoms with Crippen LogP contribution in [0.5, 0.6) is 0 Å². The smallest absolute Gasteiger partial charge is 0.352 e. The Morgan fingerprint density at radius 2 is 1.71 bits per heavy atom. The van der Waals surface area contributed by atoms with Crippen LogP contribution in [0.1, 0.15) is 40.0 Å². The number of carbonyl (C=O) groups excluding carboxylic acids is 1. The molecule has 2 aromatic rings. The van der Waals surface area contributed by atoms with E-state index in [-0.39, 0.29) is 23.7 Å². The number of hydrogen-bond acceptors (Lipinski definition) is 2. The quantitative estimate of drug-likeness (QED) is 0.489. The van der Waals surface area contributed by atoms with Gasteiger partial charge in [-0.2, -0.15) is 26.3 Å². The van der Waals surface area contributed by atoms with Crippen LogP contribution in [0.2, 0.25) is 5.02 Å². The lowest BCUT2D eigenvalue weighted by Gasteiger charge is -2.12. The number of pyridine rings is 1. The summed E-state index contributed by atoms with van der Waals surface area (Å²) in [5.41, 5.74) is -2.16. The molecule has 3 nitrogen and oxygen atoms in total. The fraction of sp³-hybridized carbons (Fsp3) is 0.333. The molecule has 2 rings (SSSR count). The third kappa shape index (κ3) is 5.85. The molecule has 0 radical (unpaired) electrons. The summed E-state index contributed by atoms with van der Waals surface area (Å²) in [6.07, 6.45) is -7.40. The molecule has 0 aliphatic rings. The number of carbonyl (C=O) groups is 1. The largest absolute Gasteiger partial charge is 0.417 e. The predicted molar refractivity (Wildman–Crippen MR) is 91.0 cm³/mol. The van der Waals surface area contributed by atoms with Gasteiger partial charge in [0.1, 0.15) is 0 Å². The van der Waals surface area contributed by atoms with E-state index in [0.29, 0.717) is 19.0 Å². The number of halogens is 7. The minimum absolute atomic E-state index is 0.100. The summed E-state index contributed by atoms with van der Waals surface area (Å²) in [5.74, 6) is -0.849. The molecule has 1 heterocycles. The van der Waals surface area contributed by atoms with Gasteiger partial charge in [-0.3, -0.25) is 9.78 Å². The number of benzene rings is 1. The molecule has 1 amide bonds. The number of rotatable bonds is 6. The van der Waals surface area contributed by atoms with Crippen molar-refractivity contribution in [3.8, 4) is 0 Å². The molecule has 0 unspecified atom stereocenters. The van der Waals surface area contributed by atoms with Crippen molar-refractivity contribution in [2.75, 3.05) is 6.54 Å². The number of unbranched alkanes of at least 4 members (excludes halogenated alkanes) is 1. The second kappa shape index (κ2) is 8.81. The Bertz CT molecular complexity index is 836. The molecular formula is C18H15ClF6N2O. The van der Waals surface area contributed by atoms with Crippen LogP contribution in [0.15, 0.2) is 36.5 Å². The normalized spacial score (nSPS) is 12.1. The first-order valence-corrected chi connectivity index (χ1v) is 8.54. The third-order valence-corrected chi connectivity index (χ3v) is 4.17. The van der Waals surface area contributed by atoms with Gasteiger partial charge in [0.05, 0.1) is 27.4 Å². The molecule has 0 bridgehead atoms.